The Morgan fingerprint density at radius 3 is 2.91 bits per heavy atom. The Morgan fingerprint density at radius 2 is 2.15 bits per heavy atom. The molecule has 2 bridgehead atoms. The Morgan fingerprint density at radius 1 is 1.30 bits per heavy atom. The first kappa shape index (κ1) is 22.3. The molecule has 3 aliphatic heterocycles. The fourth-order valence-electron chi connectivity index (χ4n) is 6.11. The second-order valence-corrected chi connectivity index (χ2v) is 9.88. The highest BCUT2D eigenvalue weighted by Gasteiger charge is 2.54. The number of rotatable bonds is 6. The molecular formula is C26H30ClN4O2+. The molecular weight excluding hydrogens is 436 g/mol. The van der Waals surface area contributed by atoms with Crippen LogP contribution in [0.15, 0.2) is 49.2 Å². The smallest absolute Gasteiger partial charge is 0.133 e. The molecule has 3 aliphatic rings. The van der Waals surface area contributed by atoms with Crippen molar-refractivity contribution in [2.24, 2.45) is 11.8 Å². The van der Waals surface area contributed by atoms with E-state index in [9.17, 15) is 5.11 Å². The SMILES string of the molecule is C=CC1C[N+]2(Cc3cc(Cl)nc(C)n3)CCC1CC2[C@@H](O)c1ccnc2ccc(OC)cc12. The highest BCUT2D eigenvalue weighted by Crippen LogP contribution is 2.48. The molecule has 5 heterocycles. The van der Waals surface area contributed by atoms with Gasteiger partial charge in [-0.3, -0.25) is 4.98 Å². The minimum absolute atomic E-state index is 0.0470. The Kier molecular flexibility index (Phi) is 5.85. The lowest BCUT2D eigenvalue weighted by molar-refractivity contribution is -0.985. The minimum Gasteiger partial charge on any atom is -0.497 e. The van der Waals surface area contributed by atoms with Crippen LogP contribution in [0.4, 0.5) is 0 Å². The second-order valence-electron chi connectivity index (χ2n) is 9.49. The molecule has 0 aliphatic carbocycles. The fraction of sp³-hybridized carbons (Fsp3) is 0.423. The van der Waals surface area contributed by atoms with Gasteiger partial charge in [0.2, 0.25) is 0 Å². The molecule has 4 unspecified atom stereocenters. The number of methoxy groups -OCH3 is 1. The van der Waals surface area contributed by atoms with Gasteiger partial charge in [0.25, 0.3) is 0 Å². The second kappa shape index (κ2) is 8.67. The van der Waals surface area contributed by atoms with E-state index in [1.54, 1.807) is 13.3 Å². The van der Waals surface area contributed by atoms with Gasteiger partial charge >= 0.3 is 0 Å². The lowest BCUT2D eigenvalue weighted by atomic mass is 9.71. The summed E-state index contributed by atoms with van der Waals surface area (Å²) in [7, 11) is 1.66. The summed E-state index contributed by atoms with van der Waals surface area (Å²) in [6.07, 6.45) is 5.33. The molecule has 33 heavy (non-hydrogen) atoms. The first-order chi connectivity index (χ1) is 15.9. The average Bonchev–Trinajstić information content (AvgIpc) is 2.82. The zero-order valence-corrected chi connectivity index (χ0v) is 19.9. The standard InChI is InChI=1S/C26H30ClN4O2/c1-4-17-14-31(15-19-12-25(27)30-16(2)29-19)10-8-18(17)11-24(31)26(32)21-7-9-28-23-6-5-20(33-3)13-22(21)23/h4-7,9,12-13,17-18,24,26,32H,1,8,10-11,14-15H2,2-3H3/q+1/t17?,18?,24?,26-,31?/m0/s1. The monoisotopic (exact) mass is 465 g/mol. The van der Waals surface area contributed by atoms with Crippen LogP contribution in [0.3, 0.4) is 0 Å². The molecule has 0 saturated carbocycles. The molecule has 0 amide bonds. The van der Waals surface area contributed by atoms with Crippen molar-refractivity contribution in [1.29, 1.82) is 0 Å². The van der Waals surface area contributed by atoms with E-state index < -0.39 is 6.10 Å². The van der Waals surface area contributed by atoms with Gasteiger partial charge in [-0.25, -0.2) is 9.97 Å². The largest absolute Gasteiger partial charge is 0.497 e. The molecule has 6 nitrogen and oxygen atoms in total. The van der Waals surface area contributed by atoms with E-state index in [2.05, 4.69) is 27.6 Å². The predicted molar refractivity (Wildman–Crippen MR) is 129 cm³/mol. The van der Waals surface area contributed by atoms with Crippen LogP contribution >= 0.6 is 11.6 Å². The maximum absolute atomic E-state index is 11.9. The number of hydrogen-bond donors (Lipinski definition) is 1. The summed E-state index contributed by atoms with van der Waals surface area (Å²) in [5.41, 5.74) is 2.69. The van der Waals surface area contributed by atoms with Gasteiger partial charge in [0.05, 0.1) is 31.4 Å². The number of ether oxygens (including phenoxy) is 1. The number of aliphatic hydroxyl groups is 1. The van der Waals surface area contributed by atoms with E-state index in [0.717, 1.165) is 58.3 Å². The lowest BCUT2D eigenvalue weighted by Gasteiger charge is -2.58. The number of aromatic nitrogens is 3. The van der Waals surface area contributed by atoms with Crippen LogP contribution < -0.4 is 4.74 Å². The van der Waals surface area contributed by atoms with Gasteiger partial charge in [0.15, 0.2) is 0 Å². The lowest BCUT2D eigenvalue weighted by Crippen LogP contribution is -2.67. The van der Waals surface area contributed by atoms with Crippen molar-refractivity contribution in [2.75, 3.05) is 20.2 Å². The summed E-state index contributed by atoms with van der Waals surface area (Å²) in [6.45, 7) is 8.65. The number of aliphatic hydroxyl groups excluding tert-OH is 1. The maximum atomic E-state index is 11.9. The van der Waals surface area contributed by atoms with Crippen LogP contribution in [0.5, 0.6) is 5.75 Å². The van der Waals surface area contributed by atoms with Gasteiger partial charge in [-0.2, -0.15) is 0 Å². The molecule has 1 aromatic carbocycles. The number of halogens is 1. The fourth-order valence-corrected chi connectivity index (χ4v) is 6.36. The summed E-state index contributed by atoms with van der Waals surface area (Å²) in [5.74, 6) is 2.42. The third-order valence-corrected chi connectivity index (χ3v) is 7.87. The first-order valence-electron chi connectivity index (χ1n) is 11.5. The van der Waals surface area contributed by atoms with Crippen molar-refractivity contribution < 1.29 is 14.3 Å². The van der Waals surface area contributed by atoms with E-state index in [-0.39, 0.29) is 6.04 Å². The molecule has 0 spiro atoms. The van der Waals surface area contributed by atoms with Crippen LogP contribution in [-0.2, 0) is 6.54 Å². The quantitative estimate of drug-likeness (QED) is 0.326. The number of quaternary nitrogens is 1. The zero-order valence-electron chi connectivity index (χ0n) is 19.1. The molecule has 3 saturated heterocycles. The van der Waals surface area contributed by atoms with Gasteiger partial charge in [0, 0.05) is 36.4 Å². The molecule has 172 valence electrons. The van der Waals surface area contributed by atoms with Gasteiger partial charge in [-0.1, -0.05) is 17.7 Å². The number of aryl methyl sites for hydroxylation is 1. The Bertz CT molecular complexity index is 1180. The van der Waals surface area contributed by atoms with Gasteiger partial charge in [0.1, 0.15) is 35.4 Å². The third-order valence-electron chi connectivity index (χ3n) is 7.68. The highest BCUT2D eigenvalue weighted by molar-refractivity contribution is 6.29. The maximum Gasteiger partial charge on any atom is 0.133 e. The molecule has 1 N–H and O–H groups in total. The number of piperidine rings is 3. The minimum atomic E-state index is -0.630. The highest BCUT2D eigenvalue weighted by atomic mass is 35.5. The van der Waals surface area contributed by atoms with Gasteiger partial charge < -0.3 is 14.3 Å². The Balaban J connectivity index is 1.57. The average molecular weight is 466 g/mol. The Hall–Kier alpha value is -2.54. The van der Waals surface area contributed by atoms with Crippen LogP contribution in [0.2, 0.25) is 5.15 Å². The number of benzene rings is 1. The van der Waals surface area contributed by atoms with Crippen LogP contribution in [0.25, 0.3) is 10.9 Å². The van der Waals surface area contributed by atoms with Crippen LogP contribution in [0.1, 0.15) is 36.0 Å². The molecule has 5 atom stereocenters. The summed E-state index contributed by atoms with van der Waals surface area (Å²) < 4.78 is 6.22. The van der Waals surface area contributed by atoms with Crippen molar-refractivity contribution in [1.82, 2.24) is 15.0 Å². The van der Waals surface area contributed by atoms with E-state index in [0.29, 0.717) is 29.4 Å². The molecule has 7 heteroatoms. The van der Waals surface area contributed by atoms with E-state index >= 15 is 0 Å². The van der Waals surface area contributed by atoms with Crippen molar-refractivity contribution in [3.05, 3.63) is 71.4 Å². The van der Waals surface area contributed by atoms with Crippen molar-refractivity contribution in [3.63, 3.8) is 0 Å². The molecule has 0 radical (unpaired) electrons. The van der Waals surface area contributed by atoms with E-state index in [1.807, 2.05) is 37.3 Å². The van der Waals surface area contributed by atoms with Crippen molar-refractivity contribution >= 4 is 22.5 Å². The normalized spacial score (nSPS) is 27.5. The Labute approximate surface area is 199 Å². The third kappa shape index (κ3) is 4.01. The summed E-state index contributed by atoms with van der Waals surface area (Å²) in [4.78, 5) is 13.4. The van der Waals surface area contributed by atoms with E-state index in [4.69, 9.17) is 16.3 Å². The van der Waals surface area contributed by atoms with Gasteiger partial charge in [-0.15, -0.1) is 6.58 Å². The summed E-state index contributed by atoms with van der Waals surface area (Å²) in [5, 5.41) is 13.3. The molecule has 3 aromatic rings. The van der Waals surface area contributed by atoms with E-state index in [1.165, 1.54) is 0 Å². The molecule has 6 rings (SSSR count). The van der Waals surface area contributed by atoms with Crippen LogP contribution in [0, 0.1) is 18.8 Å². The summed E-state index contributed by atoms with van der Waals surface area (Å²) >= 11 is 6.27. The zero-order chi connectivity index (χ0) is 23.2. The molecule has 2 aromatic heterocycles. The molecule has 3 fully saturated rings. The van der Waals surface area contributed by atoms with Crippen LogP contribution in [-0.4, -0.2) is 50.8 Å². The number of hydrogen-bond acceptors (Lipinski definition) is 5. The number of pyridine rings is 1. The van der Waals surface area contributed by atoms with Gasteiger partial charge in [-0.05, 0) is 42.7 Å². The topological polar surface area (TPSA) is 68.1 Å². The number of fused-ring (bicyclic) bond motifs is 4. The summed E-state index contributed by atoms with van der Waals surface area (Å²) in [6, 6.07) is 9.68. The first-order valence-corrected chi connectivity index (χ1v) is 11.9. The predicted octanol–water partition coefficient (Wildman–Crippen LogP) is 4.64. The van der Waals surface area contributed by atoms with Crippen molar-refractivity contribution in [3.8, 4) is 5.75 Å². The number of nitrogens with zero attached hydrogens (tertiary/aromatic N) is 4. The van der Waals surface area contributed by atoms with Crippen molar-refractivity contribution in [2.45, 2.75) is 38.5 Å².